The van der Waals surface area contributed by atoms with Gasteiger partial charge >= 0.3 is 6.18 Å². The number of benzene rings is 1. The first kappa shape index (κ1) is 17.8. The molecule has 1 N–H and O–H groups in total. The molecule has 1 aromatic carbocycles. The van der Waals surface area contributed by atoms with E-state index in [2.05, 4.69) is 5.32 Å². The van der Waals surface area contributed by atoms with Crippen LogP contribution in [0.3, 0.4) is 0 Å². The normalized spacial score (nSPS) is 12.7. The molecule has 0 aliphatic carbocycles. The molecule has 1 amide bonds. The van der Waals surface area contributed by atoms with Crippen LogP contribution in [0.1, 0.15) is 28.4 Å². The van der Waals surface area contributed by atoms with Gasteiger partial charge in [-0.3, -0.25) is 9.59 Å². The molecule has 7 heteroatoms. The second-order valence-corrected chi connectivity index (χ2v) is 5.64. The van der Waals surface area contributed by atoms with Gasteiger partial charge < -0.3 is 9.88 Å². The lowest BCUT2D eigenvalue weighted by Gasteiger charge is -2.15. The molecule has 0 fully saturated rings. The number of alkyl halides is 3. The largest absolute Gasteiger partial charge is 0.416 e. The van der Waals surface area contributed by atoms with Gasteiger partial charge in [0.25, 0.3) is 5.91 Å². The van der Waals surface area contributed by atoms with Gasteiger partial charge in [0.15, 0.2) is 0 Å². The van der Waals surface area contributed by atoms with Gasteiger partial charge in [-0.05, 0) is 37.1 Å². The number of halogens is 3. The van der Waals surface area contributed by atoms with Crippen LogP contribution in [0, 0.1) is 0 Å². The van der Waals surface area contributed by atoms with Crippen LogP contribution in [-0.4, -0.2) is 16.5 Å². The van der Waals surface area contributed by atoms with E-state index in [0.717, 1.165) is 12.1 Å². The van der Waals surface area contributed by atoms with E-state index in [0.29, 0.717) is 17.5 Å². The Bertz CT molecular complexity index is 780. The van der Waals surface area contributed by atoms with Crippen LogP contribution in [0.4, 0.5) is 13.2 Å². The summed E-state index contributed by atoms with van der Waals surface area (Å²) < 4.78 is 38.9. The third-order valence-corrected chi connectivity index (χ3v) is 3.55. The highest BCUT2D eigenvalue weighted by Crippen LogP contribution is 2.29. The van der Waals surface area contributed by atoms with Gasteiger partial charge in [-0.15, -0.1) is 0 Å². The minimum absolute atomic E-state index is 0.218. The first-order valence-electron chi connectivity index (χ1n) is 7.30. The number of rotatable bonds is 4. The second kappa shape index (κ2) is 6.90. The molecule has 1 aromatic heterocycles. The molecule has 0 radical (unpaired) electrons. The second-order valence-electron chi connectivity index (χ2n) is 5.64. The average Bonchev–Trinajstić information content (AvgIpc) is 2.49. The summed E-state index contributed by atoms with van der Waals surface area (Å²) in [5.41, 5.74) is 0.116. The molecule has 1 atom stereocenters. The van der Waals surface area contributed by atoms with E-state index in [1.807, 2.05) is 0 Å². The number of pyridine rings is 1. The van der Waals surface area contributed by atoms with E-state index in [1.165, 1.54) is 35.0 Å². The number of carbonyl (C=O) groups excluding carboxylic acids is 1. The molecule has 0 saturated carbocycles. The van der Waals surface area contributed by atoms with Crippen molar-refractivity contribution in [3.63, 3.8) is 0 Å². The first-order chi connectivity index (χ1) is 11.2. The van der Waals surface area contributed by atoms with Gasteiger partial charge in [0.2, 0.25) is 5.56 Å². The first-order valence-corrected chi connectivity index (χ1v) is 7.30. The predicted molar refractivity (Wildman–Crippen MR) is 83.8 cm³/mol. The van der Waals surface area contributed by atoms with Crippen molar-refractivity contribution < 1.29 is 18.0 Å². The fraction of sp³-hybridized carbons (Fsp3) is 0.294. The molecule has 2 rings (SSSR count). The molecular formula is C17H17F3N2O2. The van der Waals surface area contributed by atoms with Crippen molar-refractivity contribution in [3.8, 4) is 0 Å². The third-order valence-electron chi connectivity index (χ3n) is 3.55. The summed E-state index contributed by atoms with van der Waals surface area (Å²) in [6, 6.07) is 7.31. The van der Waals surface area contributed by atoms with Crippen molar-refractivity contribution in [2.45, 2.75) is 25.6 Å². The molecule has 0 aliphatic rings. The number of nitrogens with one attached hydrogen (secondary N) is 1. The van der Waals surface area contributed by atoms with Crippen LogP contribution in [-0.2, 0) is 19.6 Å². The standard InChI is InChI=1S/C17H17F3N2O2/c1-11(9-12-3-6-14(7-4-12)17(18,19)20)21-16(24)13-5-8-15(23)22(2)10-13/h3-8,10-11H,9H2,1-2H3,(H,21,24). The summed E-state index contributed by atoms with van der Waals surface area (Å²) in [4.78, 5) is 23.4. The summed E-state index contributed by atoms with van der Waals surface area (Å²) >= 11 is 0. The molecule has 2 aromatic rings. The molecule has 24 heavy (non-hydrogen) atoms. The molecule has 1 unspecified atom stereocenters. The zero-order chi connectivity index (χ0) is 17.9. The van der Waals surface area contributed by atoms with Crippen LogP contribution < -0.4 is 10.9 Å². The third kappa shape index (κ3) is 4.47. The van der Waals surface area contributed by atoms with Crippen molar-refractivity contribution >= 4 is 5.91 Å². The molecule has 1 heterocycles. The molecule has 0 aliphatic heterocycles. The Balaban J connectivity index is 1.99. The summed E-state index contributed by atoms with van der Waals surface area (Å²) in [5, 5.41) is 2.76. The number of aryl methyl sites for hydroxylation is 1. The van der Waals surface area contributed by atoms with Crippen molar-refractivity contribution in [1.82, 2.24) is 9.88 Å². The number of nitrogens with zero attached hydrogens (tertiary/aromatic N) is 1. The SMILES string of the molecule is CC(Cc1ccc(C(F)(F)F)cc1)NC(=O)c1ccc(=O)n(C)c1. The summed E-state index contributed by atoms with van der Waals surface area (Å²) in [6.45, 7) is 1.76. The Morgan fingerprint density at radius 2 is 1.79 bits per heavy atom. The van der Waals surface area contributed by atoms with Gasteiger partial charge in [-0.2, -0.15) is 13.2 Å². The summed E-state index contributed by atoms with van der Waals surface area (Å²) in [6.07, 6.45) is -2.53. The number of hydrogen-bond acceptors (Lipinski definition) is 2. The van der Waals surface area contributed by atoms with Crippen molar-refractivity contribution in [3.05, 3.63) is 69.6 Å². The fourth-order valence-corrected chi connectivity index (χ4v) is 2.27. The van der Waals surface area contributed by atoms with E-state index >= 15 is 0 Å². The fourth-order valence-electron chi connectivity index (χ4n) is 2.27. The van der Waals surface area contributed by atoms with Gasteiger partial charge in [0.05, 0.1) is 11.1 Å². The Morgan fingerprint density at radius 1 is 1.17 bits per heavy atom. The van der Waals surface area contributed by atoms with Crippen LogP contribution in [0.25, 0.3) is 0 Å². The van der Waals surface area contributed by atoms with Crippen molar-refractivity contribution in [2.24, 2.45) is 7.05 Å². The van der Waals surface area contributed by atoms with Gasteiger partial charge in [0, 0.05) is 25.4 Å². The summed E-state index contributed by atoms with van der Waals surface area (Å²) in [7, 11) is 1.55. The zero-order valence-electron chi connectivity index (χ0n) is 13.2. The number of carbonyl (C=O) groups is 1. The Kier molecular flexibility index (Phi) is 5.11. The number of amides is 1. The molecule has 4 nitrogen and oxygen atoms in total. The highest BCUT2D eigenvalue weighted by molar-refractivity contribution is 5.94. The Hall–Kier alpha value is -2.57. The average molecular weight is 338 g/mol. The Morgan fingerprint density at radius 3 is 2.33 bits per heavy atom. The van der Waals surface area contributed by atoms with Crippen LogP contribution in [0.15, 0.2) is 47.4 Å². The van der Waals surface area contributed by atoms with E-state index in [9.17, 15) is 22.8 Å². The summed E-state index contributed by atoms with van der Waals surface area (Å²) in [5.74, 6) is -0.343. The lowest BCUT2D eigenvalue weighted by molar-refractivity contribution is -0.137. The van der Waals surface area contributed by atoms with E-state index in [4.69, 9.17) is 0 Å². The van der Waals surface area contributed by atoms with E-state index in [1.54, 1.807) is 14.0 Å². The highest BCUT2D eigenvalue weighted by atomic mass is 19.4. The maximum atomic E-state index is 12.5. The van der Waals surface area contributed by atoms with Gasteiger partial charge in [-0.25, -0.2) is 0 Å². The van der Waals surface area contributed by atoms with Gasteiger partial charge in [0.1, 0.15) is 0 Å². The zero-order valence-corrected chi connectivity index (χ0v) is 13.2. The lowest BCUT2D eigenvalue weighted by atomic mass is 10.0. The highest BCUT2D eigenvalue weighted by Gasteiger charge is 2.29. The minimum atomic E-state index is -4.36. The van der Waals surface area contributed by atoms with Crippen LogP contribution >= 0.6 is 0 Å². The lowest BCUT2D eigenvalue weighted by Crippen LogP contribution is -2.34. The van der Waals surface area contributed by atoms with E-state index < -0.39 is 11.7 Å². The van der Waals surface area contributed by atoms with Crippen LogP contribution in [0.2, 0.25) is 0 Å². The number of aromatic nitrogens is 1. The molecule has 0 bridgehead atoms. The van der Waals surface area contributed by atoms with E-state index in [-0.39, 0.29) is 17.5 Å². The maximum Gasteiger partial charge on any atom is 0.416 e. The predicted octanol–water partition coefficient (Wildman–Crippen LogP) is 2.77. The maximum absolute atomic E-state index is 12.5. The monoisotopic (exact) mass is 338 g/mol. The van der Waals surface area contributed by atoms with Crippen LogP contribution in [0.5, 0.6) is 0 Å². The van der Waals surface area contributed by atoms with Crippen molar-refractivity contribution in [1.29, 1.82) is 0 Å². The smallest absolute Gasteiger partial charge is 0.349 e. The minimum Gasteiger partial charge on any atom is -0.349 e. The quantitative estimate of drug-likeness (QED) is 0.932. The molecule has 0 saturated heterocycles. The van der Waals surface area contributed by atoms with Gasteiger partial charge in [-0.1, -0.05) is 12.1 Å². The van der Waals surface area contributed by atoms with Crippen molar-refractivity contribution in [2.75, 3.05) is 0 Å². The molecule has 128 valence electrons. The Labute approximate surface area is 136 Å². The molecule has 0 spiro atoms. The number of hydrogen-bond donors (Lipinski definition) is 1. The topological polar surface area (TPSA) is 51.1 Å². The molecular weight excluding hydrogens is 321 g/mol.